The Kier molecular flexibility index (Phi) is 6.17. The van der Waals surface area contributed by atoms with Gasteiger partial charge in [0.25, 0.3) is 0 Å². The molecular formula is C18H21N3O2. The summed E-state index contributed by atoms with van der Waals surface area (Å²) >= 11 is 0. The molecule has 5 heteroatoms. The number of nitrogens with two attached hydrogens (primary N) is 1. The zero-order chi connectivity index (χ0) is 16.5. The van der Waals surface area contributed by atoms with Gasteiger partial charge < -0.3 is 15.8 Å². The van der Waals surface area contributed by atoms with Gasteiger partial charge in [0.05, 0.1) is 0 Å². The minimum atomic E-state index is -0.418. The third-order valence-corrected chi connectivity index (χ3v) is 3.18. The van der Waals surface area contributed by atoms with Crippen molar-refractivity contribution in [3.63, 3.8) is 0 Å². The van der Waals surface area contributed by atoms with Crippen LogP contribution in [0.4, 0.5) is 10.6 Å². The lowest BCUT2D eigenvalue weighted by Gasteiger charge is -2.06. The van der Waals surface area contributed by atoms with Crippen LogP contribution in [-0.2, 0) is 11.3 Å². The lowest BCUT2D eigenvalue weighted by Crippen LogP contribution is -2.24. The van der Waals surface area contributed by atoms with E-state index in [1.807, 2.05) is 55.5 Å². The van der Waals surface area contributed by atoms with Crippen LogP contribution < -0.4 is 11.1 Å². The van der Waals surface area contributed by atoms with Gasteiger partial charge in [-0.1, -0.05) is 42.5 Å². The fraction of sp³-hybridized carbons (Fsp3) is 0.222. The van der Waals surface area contributed by atoms with Gasteiger partial charge >= 0.3 is 6.09 Å². The lowest BCUT2D eigenvalue weighted by atomic mass is 10.2. The molecule has 1 amide bonds. The van der Waals surface area contributed by atoms with Crippen LogP contribution in [0.25, 0.3) is 6.08 Å². The summed E-state index contributed by atoms with van der Waals surface area (Å²) in [6.45, 7) is 2.74. The Hall–Kier alpha value is -2.82. The summed E-state index contributed by atoms with van der Waals surface area (Å²) in [4.78, 5) is 15.7. The predicted molar refractivity (Wildman–Crippen MR) is 91.7 cm³/mol. The molecule has 1 aromatic heterocycles. The van der Waals surface area contributed by atoms with Gasteiger partial charge in [-0.15, -0.1) is 0 Å². The number of nitrogens with one attached hydrogen (secondary N) is 1. The van der Waals surface area contributed by atoms with Gasteiger partial charge in [0.1, 0.15) is 12.4 Å². The van der Waals surface area contributed by atoms with Crippen LogP contribution in [-0.4, -0.2) is 17.6 Å². The second-order valence-corrected chi connectivity index (χ2v) is 5.17. The molecule has 0 aliphatic heterocycles. The first-order chi connectivity index (χ1) is 11.1. The van der Waals surface area contributed by atoms with Crippen molar-refractivity contribution in [3.8, 4) is 0 Å². The van der Waals surface area contributed by atoms with Gasteiger partial charge in [0, 0.05) is 18.3 Å². The number of anilines is 1. The summed E-state index contributed by atoms with van der Waals surface area (Å²) in [5, 5.41) is 2.71. The monoisotopic (exact) mass is 311 g/mol. The average Bonchev–Trinajstić information content (AvgIpc) is 2.56. The van der Waals surface area contributed by atoms with Gasteiger partial charge in [0.15, 0.2) is 0 Å². The van der Waals surface area contributed by atoms with Crippen LogP contribution in [0.3, 0.4) is 0 Å². The number of aromatic nitrogens is 1. The average molecular weight is 311 g/mol. The molecule has 0 unspecified atom stereocenters. The van der Waals surface area contributed by atoms with E-state index in [2.05, 4.69) is 10.3 Å². The van der Waals surface area contributed by atoms with E-state index in [-0.39, 0.29) is 6.61 Å². The topological polar surface area (TPSA) is 77.2 Å². The van der Waals surface area contributed by atoms with Crippen LogP contribution in [0.1, 0.15) is 23.1 Å². The third-order valence-electron chi connectivity index (χ3n) is 3.18. The maximum absolute atomic E-state index is 11.6. The second kappa shape index (κ2) is 8.58. The number of carbonyl (C=O) groups excluding carboxylic acids is 1. The number of benzene rings is 1. The molecule has 3 N–H and O–H groups in total. The number of ether oxygens (including phenoxy) is 1. The molecule has 0 fully saturated rings. The number of aryl methyl sites for hydroxylation is 1. The zero-order valence-electron chi connectivity index (χ0n) is 13.2. The first-order valence-corrected chi connectivity index (χ1v) is 7.48. The van der Waals surface area contributed by atoms with E-state index >= 15 is 0 Å². The Balaban J connectivity index is 1.67. The quantitative estimate of drug-likeness (QED) is 0.802. The van der Waals surface area contributed by atoms with Gasteiger partial charge in [-0.25, -0.2) is 9.78 Å². The molecule has 0 saturated carbocycles. The van der Waals surface area contributed by atoms with E-state index < -0.39 is 6.09 Å². The fourth-order valence-electron chi connectivity index (χ4n) is 1.98. The molecule has 5 nitrogen and oxygen atoms in total. The minimum Gasteiger partial charge on any atom is -0.445 e. The third kappa shape index (κ3) is 5.82. The van der Waals surface area contributed by atoms with Crippen LogP contribution in [0.15, 0.2) is 48.7 Å². The number of hydrogen-bond acceptors (Lipinski definition) is 4. The molecule has 2 rings (SSSR count). The Morgan fingerprint density at radius 3 is 2.91 bits per heavy atom. The van der Waals surface area contributed by atoms with E-state index in [4.69, 9.17) is 10.5 Å². The SMILES string of the molecule is Cc1cnc(N)c(C=CCCNC(=O)OCc2ccccc2)c1. The smallest absolute Gasteiger partial charge is 0.407 e. The zero-order valence-corrected chi connectivity index (χ0v) is 13.2. The van der Waals surface area contributed by atoms with E-state index in [1.54, 1.807) is 6.20 Å². The summed E-state index contributed by atoms with van der Waals surface area (Å²) in [6.07, 6.45) is 5.86. The number of pyridine rings is 1. The molecule has 0 spiro atoms. The number of nitrogen functional groups attached to an aromatic ring is 1. The largest absolute Gasteiger partial charge is 0.445 e. The van der Waals surface area contributed by atoms with E-state index in [1.165, 1.54) is 0 Å². The van der Waals surface area contributed by atoms with E-state index in [9.17, 15) is 4.79 Å². The van der Waals surface area contributed by atoms with Crippen molar-refractivity contribution in [2.75, 3.05) is 12.3 Å². The van der Waals surface area contributed by atoms with Gasteiger partial charge in [0.2, 0.25) is 0 Å². The summed E-state index contributed by atoms with van der Waals surface area (Å²) < 4.78 is 5.12. The summed E-state index contributed by atoms with van der Waals surface area (Å²) in [7, 11) is 0. The Labute approximate surface area is 136 Å². The van der Waals surface area contributed by atoms with Gasteiger partial charge in [-0.2, -0.15) is 0 Å². The van der Waals surface area contributed by atoms with E-state index in [0.717, 1.165) is 16.7 Å². The highest BCUT2D eigenvalue weighted by Crippen LogP contribution is 2.12. The summed E-state index contributed by atoms with van der Waals surface area (Å²) in [5.74, 6) is 0.502. The van der Waals surface area contributed by atoms with Crippen molar-refractivity contribution in [3.05, 3.63) is 65.4 Å². The molecule has 23 heavy (non-hydrogen) atoms. The van der Waals surface area contributed by atoms with Crippen LogP contribution in [0, 0.1) is 6.92 Å². The van der Waals surface area contributed by atoms with Crippen LogP contribution in [0.5, 0.6) is 0 Å². The van der Waals surface area contributed by atoms with E-state index in [0.29, 0.717) is 18.8 Å². The normalized spacial score (nSPS) is 10.7. The number of nitrogens with zero attached hydrogens (tertiary/aromatic N) is 1. The molecule has 2 aromatic rings. The Morgan fingerprint density at radius 2 is 2.13 bits per heavy atom. The summed E-state index contributed by atoms with van der Waals surface area (Å²) in [6, 6.07) is 11.5. The highest BCUT2D eigenvalue weighted by atomic mass is 16.5. The van der Waals surface area contributed by atoms with Crippen molar-refractivity contribution >= 4 is 18.0 Å². The van der Waals surface area contributed by atoms with Crippen molar-refractivity contribution in [2.24, 2.45) is 0 Å². The molecule has 0 radical (unpaired) electrons. The number of amides is 1. The Bertz CT molecular complexity index is 669. The number of hydrogen-bond donors (Lipinski definition) is 2. The molecule has 120 valence electrons. The molecule has 0 atom stereocenters. The van der Waals surface area contributed by atoms with Crippen molar-refractivity contribution < 1.29 is 9.53 Å². The summed E-state index contributed by atoms with van der Waals surface area (Å²) in [5.41, 5.74) is 8.70. The molecule has 0 saturated heterocycles. The Morgan fingerprint density at radius 1 is 1.35 bits per heavy atom. The van der Waals surface area contributed by atoms with Crippen molar-refractivity contribution in [1.82, 2.24) is 10.3 Å². The number of rotatable bonds is 6. The first kappa shape index (κ1) is 16.5. The van der Waals surface area contributed by atoms with Crippen molar-refractivity contribution in [2.45, 2.75) is 20.0 Å². The molecule has 0 bridgehead atoms. The number of carbonyl (C=O) groups is 1. The standard InChI is InChI=1S/C18H21N3O2/c1-14-11-16(17(19)21-12-14)9-5-6-10-20-18(22)23-13-15-7-3-2-4-8-15/h2-5,7-9,11-12H,6,10,13H2,1H3,(H2,19,21)(H,20,22). The fourth-order valence-corrected chi connectivity index (χ4v) is 1.98. The minimum absolute atomic E-state index is 0.272. The maximum atomic E-state index is 11.6. The molecule has 1 aromatic carbocycles. The van der Waals surface area contributed by atoms with Crippen LogP contribution in [0.2, 0.25) is 0 Å². The predicted octanol–water partition coefficient (Wildman–Crippen LogP) is 3.30. The van der Waals surface area contributed by atoms with Gasteiger partial charge in [-0.05, 0) is 30.5 Å². The first-order valence-electron chi connectivity index (χ1n) is 7.48. The van der Waals surface area contributed by atoms with Crippen LogP contribution >= 0.6 is 0 Å². The lowest BCUT2D eigenvalue weighted by molar-refractivity contribution is 0.140. The maximum Gasteiger partial charge on any atom is 0.407 e. The molecule has 0 aliphatic carbocycles. The molecular weight excluding hydrogens is 290 g/mol. The highest BCUT2D eigenvalue weighted by molar-refractivity contribution is 5.67. The van der Waals surface area contributed by atoms with Gasteiger partial charge in [-0.3, -0.25) is 0 Å². The van der Waals surface area contributed by atoms with Crippen molar-refractivity contribution in [1.29, 1.82) is 0 Å². The second-order valence-electron chi connectivity index (χ2n) is 5.17. The highest BCUT2D eigenvalue weighted by Gasteiger charge is 2.01. The molecule has 1 heterocycles. The number of alkyl carbamates (subject to hydrolysis) is 1. The molecule has 0 aliphatic rings.